The Balaban J connectivity index is 1.75. The highest BCUT2D eigenvalue weighted by molar-refractivity contribution is 6.30. The first kappa shape index (κ1) is 18.8. The molecule has 0 bridgehead atoms. The number of carbonyl (C=O) groups excluding carboxylic acids is 1. The van der Waals surface area contributed by atoms with Gasteiger partial charge in [-0.1, -0.05) is 11.6 Å². The number of aromatic nitrogens is 2. The number of hydrogen-bond acceptors (Lipinski definition) is 4. The van der Waals surface area contributed by atoms with Crippen LogP contribution in [0.2, 0.25) is 5.15 Å². The fourth-order valence-electron chi connectivity index (χ4n) is 3.11. The molecule has 0 radical (unpaired) electrons. The minimum Gasteiger partial charge on any atom is -0.472 e. The number of fused-ring (bicyclic) bond motifs is 1. The molecule has 3 rings (SSSR count). The van der Waals surface area contributed by atoms with Crippen molar-refractivity contribution in [2.45, 2.75) is 58.8 Å². The standard InChI is InChI=1S/C19H26ClN3O3/c1-12(2)23-9-7-14-15(23)10-16(20)21-17(14)25-13-6-8-22(11-13)18(24)26-19(3,4)5/h7,9-10,12-13H,6,8,11H2,1-5H3/t13-/m0/s1. The minimum absolute atomic E-state index is 0.126. The summed E-state index contributed by atoms with van der Waals surface area (Å²) in [6, 6.07) is 4.16. The monoisotopic (exact) mass is 379 g/mol. The van der Waals surface area contributed by atoms with Gasteiger partial charge in [0.05, 0.1) is 17.4 Å². The van der Waals surface area contributed by atoms with Crippen molar-refractivity contribution in [2.24, 2.45) is 0 Å². The summed E-state index contributed by atoms with van der Waals surface area (Å²) in [4.78, 5) is 18.3. The van der Waals surface area contributed by atoms with Crippen LogP contribution >= 0.6 is 11.6 Å². The molecule has 0 aliphatic carbocycles. The second-order valence-corrected chi connectivity index (χ2v) is 8.34. The maximum Gasteiger partial charge on any atom is 0.410 e. The summed E-state index contributed by atoms with van der Waals surface area (Å²) in [7, 11) is 0. The van der Waals surface area contributed by atoms with Crippen LogP contribution in [0, 0.1) is 0 Å². The molecule has 1 atom stereocenters. The number of pyridine rings is 1. The van der Waals surface area contributed by atoms with Crippen LogP contribution in [0.5, 0.6) is 5.88 Å². The van der Waals surface area contributed by atoms with E-state index in [1.165, 1.54) is 0 Å². The summed E-state index contributed by atoms with van der Waals surface area (Å²) in [6.07, 6.45) is 2.32. The molecule has 0 aromatic carbocycles. The zero-order valence-electron chi connectivity index (χ0n) is 16.0. The van der Waals surface area contributed by atoms with Gasteiger partial charge in [-0.25, -0.2) is 9.78 Å². The summed E-state index contributed by atoms with van der Waals surface area (Å²) in [6.45, 7) is 10.9. The van der Waals surface area contributed by atoms with E-state index in [0.717, 1.165) is 17.3 Å². The van der Waals surface area contributed by atoms with E-state index < -0.39 is 5.60 Å². The molecular formula is C19H26ClN3O3. The molecule has 0 spiro atoms. The number of ether oxygens (including phenoxy) is 2. The Kier molecular flexibility index (Phi) is 5.06. The van der Waals surface area contributed by atoms with Crippen LogP contribution in [0.4, 0.5) is 4.79 Å². The second-order valence-electron chi connectivity index (χ2n) is 7.95. The van der Waals surface area contributed by atoms with Crippen LogP contribution in [0.25, 0.3) is 10.9 Å². The van der Waals surface area contributed by atoms with Gasteiger partial charge in [0.25, 0.3) is 0 Å². The Morgan fingerprint density at radius 2 is 2.12 bits per heavy atom. The van der Waals surface area contributed by atoms with E-state index >= 15 is 0 Å². The fraction of sp³-hybridized carbons (Fsp3) is 0.579. The molecule has 0 unspecified atom stereocenters. The van der Waals surface area contributed by atoms with E-state index in [4.69, 9.17) is 21.1 Å². The average Bonchev–Trinajstić information content (AvgIpc) is 3.11. The molecule has 1 aliphatic heterocycles. The van der Waals surface area contributed by atoms with Gasteiger partial charge in [0.15, 0.2) is 0 Å². The Labute approximate surface area is 159 Å². The summed E-state index contributed by atoms with van der Waals surface area (Å²) >= 11 is 6.21. The van der Waals surface area contributed by atoms with Crippen LogP contribution in [0.3, 0.4) is 0 Å². The van der Waals surface area contributed by atoms with Crippen molar-refractivity contribution < 1.29 is 14.3 Å². The van der Waals surface area contributed by atoms with Gasteiger partial charge in [-0.2, -0.15) is 0 Å². The van der Waals surface area contributed by atoms with Crippen LogP contribution < -0.4 is 4.74 Å². The van der Waals surface area contributed by atoms with Crippen molar-refractivity contribution in [1.29, 1.82) is 0 Å². The largest absolute Gasteiger partial charge is 0.472 e. The Bertz CT molecular complexity index is 810. The summed E-state index contributed by atoms with van der Waals surface area (Å²) < 4.78 is 13.7. The summed E-state index contributed by atoms with van der Waals surface area (Å²) in [5.74, 6) is 0.517. The van der Waals surface area contributed by atoms with E-state index in [2.05, 4.69) is 23.4 Å². The van der Waals surface area contributed by atoms with Crippen LogP contribution in [-0.2, 0) is 4.74 Å². The van der Waals surface area contributed by atoms with Gasteiger partial charge in [0.1, 0.15) is 16.9 Å². The Morgan fingerprint density at radius 1 is 1.38 bits per heavy atom. The number of hydrogen-bond donors (Lipinski definition) is 0. The van der Waals surface area contributed by atoms with Crippen molar-refractivity contribution in [1.82, 2.24) is 14.5 Å². The number of amides is 1. The van der Waals surface area contributed by atoms with Crippen LogP contribution in [0.1, 0.15) is 47.1 Å². The topological polar surface area (TPSA) is 56.6 Å². The van der Waals surface area contributed by atoms with E-state index in [0.29, 0.717) is 30.2 Å². The number of halogens is 1. The smallest absolute Gasteiger partial charge is 0.410 e. The van der Waals surface area contributed by atoms with Crippen LogP contribution in [-0.4, -0.2) is 45.3 Å². The molecule has 1 amide bonds. The zero-order valence-corrected chi connectivity index (χ0v) is 16.7. The normalized spacial score (nSPS) is 18.0. The van der Waals surface area contributed by atoms with Crippen molar-refractivity contribution in [2.75, 3.05) is 13.1 Å². The van der Waals surface area contributed by atoms with Crippen molar-refractivity contribution in [3.63, 3.8) is 0 Å². The van der Waals surface area contributed by atoms with Crippen molar-refractivity contribution in [3.05, 3.63) is 23.5 Å². The summed E-state index contributed by atoms with van der Waals surface area (Å²) in [5, 5.41) is 1.33. The van der Waals surface area contributed by atoms with Gasteiger partial charge in [0, 0.05) is 31.3 Å². The maximum absolute atomic E-state index is 12.2. The first-order valence-electron chi connectivity index (χ1n) is 8.96. The van der Waals surface area contributed by atoms with Gasteiger partial charge in [-0.05, 0) is 40.7 Å². The van der Waals surface area contributed by atoms with E-state index in [1.807, 2.05) is 39.1 Å². The predicted molar refractivity (Wildman–Crippen MR) is 102 cm³/mol. The zero-order chi connectivity index (χ0) is 19.1. The van der Waals surface area contributed by atoms with Gasteiger partial charge < -0.3 is 18.9 Å². The molecule has 142 valence electrons. The fourth-order valence-corrected chi connectivity index (χ4v) is 3.29. The Morgan fingerprint density at radius 3 is 2.77 bits per heavy atom. The molecular weight excluding hydrogens is 354 g/mol. The SMILES string of the molecule is CC(C)n1ccc2c(O[C@H]3CCN(C(=O)OC(C)(C)C)C3)nc(Cl)cc21. The predicted octanol–water partition coefficient (Wildman–Crippen LogP) is 4.66. The number of likely N-dealkylation sites (tertiary alicyclic amines) is 1. The lowest BCUT2D eigenvalue weighted by Gasteiger charge is -2.24. The molecule has 3 heterocycles. The third-order valence-electron chi connectivity index (χ3n) is 4.28. The Hall–Kier alpha value is -1.95. The lowest BCUT2D eigenvalue weighted by molar-refractivity contribution is 0.0275. The molecule has 1 saturated heterocycles. The molecule has 0 saturated carbocycles. The van der Waals surface area contributed by atoms with Gasteiger partial charge in [-0.3, -0.25) is 0 Å². The maximum atomic E-state index is 12.2. The van der Waals surface area contributed by atoms with Crippen LogP contribution in [0.15, 0.2) is 18.3 Å². The van der Waals surface area contributed by atoms with E-state index in [1.54, 1.807) is 4.90 Å². The van der Waals surface area contributed by atoms with Gasteiger partial charge in [-0.15, -0.1) is 0 Å². The first-order chi connectivity index (χ1) is 12.1. The molecule has 26 heavy (non-hydrogen) atoms. The van der Waals surface area contributed by atoms with Crippen molar-refractivity contribution >= 4 is 28.6 Å². The summed E-state index contributed by atoms with van der Waals surface area (Å²) in [5.41, 5.74) is 0.494. The second kappa shape index (κ2) is 6.99. The minimum atomic E-state index is -0.504. The molecule has 1 fully saturated rings. The molecule has 7 heteroatoms. The van der Waals surface area contributed by atoms with Crippen molar-refractivity contribution in [3.8, 4) is 5.88 Å². The lowest BCUT2D eigenvalue weighted by Crippen LogP contribution is -2.36. The molecule has 6 nitrogen and oxygen atoms in total. The van der Waals surface area contributed by atoms with E-state index in [9.17, 15) is 4.79 Å². The third-order valence-corrected chi connectivity index (χ3v) is 4.48. The first-order valence-corrected chi connectivity index (χ1v) is 9.33. The van der Waals surface area contributed by atoms with Gasteiger partial charge >= 0.3 is 6.09 Å². The van der Waals surface area contributed by atoms with Gasteiger partial charge in [0.2, 0.25) is 5.88 Å². The molecule has 2 aromatic heterocycles. The third kappa shape index (κ3) is 4.06. The highest BCUT2D eigenvalue weighted by Gasteiger charge is 2.31. The molecule has 2 aromatic rings. The number of nitrogens with zero attached hydrogens (tertiary/aromatic N) is 3. The highest BCUT2D eigenvalue weighted by atomic mass is 35.5. The average molecular weight is 380 g/mol. The molecule has 1 aliphatic rings. The number of carbonyl (C=O) groups is 1. The quantitative estimate of drug-likeness (QED) is 0.728. The number of rotatable bonds is 3. The highest BCUT2D eigenvalue weighted by Crippen LogP contribution is 2.31. The molecule has 0 N–H and O–H groups in total. The lowest BCUT2D eigenvalue weighted by atomic mass is 10.2. The van der Waals surface area contributed by atoms with E-state index in [-0.39, 0.29) is 12.2 Å².